The molecule has 3 rings (SSSR count). The van der Waals surface area contributed by atoms with Crippen LogP contribution >= 0.6 is 11.6 Å². The fraction of sp³-hybridized carbons (Fsp3) is 0.923. The minimum absolute atomic E-state index is 0.323. The van der Waals surface area contributed by atoms with E-state index in [1.165, 1.54) is 32.1 Å². The molecule has 1 amide bonds. The number of nitrogens with zero attached hydrogens (tertiary/aromatic N) is 1. The van der Waals surface area contributed by atoms with E-state index >= 15 is 0 Å². The molecule has 0 spiro atoms. The number of hydrogen-bond acceptors (Lipinski definition) is 1. The molecule has 3 aliphatic rings. The molecule has 1 aliphatic heterocycles. The van der Waals surface area contributed by atoms with E-state index in [1.54, 1.807) is 0 Å². The number of carbonyl (C=O) groups is 1. The summed E-state index contributed by atoms with van der Waals surface area (Å²) < 4.78 is 0. The molecule has 0 aromatic carbocycles. The van der Waals surface area contributed by atoms with Gasteiger partial charge in [-0.15, -0.1) is 11.6 Å². The zero-order chi connectivity index (χ0) is 11.1. The Labute approximate surface area is 102 Å². The number of rotatable bonds is 2. The minimum atomic E-state index is 0.323. The maximum atomic E-state index is 12.4. The number of piperidine rings is 1. The van der Waals surface area contributed by atoms with Crippen LogP contribution < -0.4 is 0 Å². The Kier molecular flexibility index (Phi) is 2.87. The predicted octanol–water partition coefficient (Wildman–Crippen LogP) is 2.65. The van der Waals surface area contributed by atoms with Crippen molar-refractivity contribution in [2.24, 2.45) is 17.8 Å². The molecule has 1 saturated heterocycles. The number of fused-ring (bicyclic) bond motifs is 1. The van der Waals surface area contributed by atoms with E-state index in [-0.39, 0.29) is 0 Å². The van der Waals surface area contributed by atoms with Crippen LogP contribution in [0.1, 0.15) is 38.5 Å². The largest absolute Gasteiger partial charge is 0.338 e. The summed E-state index contributed by atoms with van der Waals surface area (Å²) in [6, 6.07) is 0.323. The number of amides is 1. The van der Waals surface area contributed by atoms with Crippen molar-refractivity contribution >= 4 is 17.5 Å². The van der Waals surface area contributed by atoms with Gasteiger partial charge in [0.25, 0.3) is 0 Å². The number of alkyl halides is 1. The number of hydrogen-bond donors (Lipinski definition) is 0. The Bertz CT molecular complexity index is 284. The molecule has 16 heavy (non-hydrogen) atoms. The summed E-state index contributed by atoms with van der Waals surface area (Å²) in [4.78, 5) is 14.5. The molecule has 90 valence electrons. The lowest BCUT2D eigenvalue weighted by Gasteiger charge is -2.35. The lowest BCUT2D eigenvalue weighted by Crippen LogP contribution is -2.46. The molecule has 1 heterocycles. The summed E-state index contributed by atoms with van der Waals surface area (Å²) in [6.07, 6.45) is 7.44. The van der Waals surface area contributed by atoms with Crippen LogP contribution in [0.3, 0.4) is 0 Å². The Morgan fingerprint density at radius 2 is 1.88 bits per heavy atom. The SMILES string of the molecule is O=C(C1C2CCCC21)N1CCCCC1CCl. The average Bonchev–Trinajstić information content (AvgIpc) is 2.81. The van der Waals surface area contributed by atoms with Gasteiger partial charge in [-0.05, 0) is 43.9 Å². The Hall–Kier alpha value is -0.240. The first-order valence-corrected chi connectivity index (χ1v) is 7.23. The van der Waals surface area contributed by atoms with Crippen molar-refractivity contribution in [2.75, 3.05) is 12.4 Å². The normalized spacial score (nSPS) is 41.9. The first-order valence-electron chi connectivity index (χ1n) is 6.69. The fourth-order valence-electron chi connectivity index (χ4n) is 3.83. The summed E-state index contributed by atoms with van der Waals surface area (Å²) in [7, 11) is 0. The van der Waals surface area contributed by atoms with Crippen molar-refractivity contribution < 1.29 is 4.79 Å². The number of likely N-dealkylation sites (tertiary alicyclic amines) is 1. The smallest absolute Gasteiger partial charge is 0.226 e. The molecule has 3 unspecified atom stereocenters. The number of carbonyl (C=O) groups excluding carboxylic acids is 1. The maximum absolute atomic E-state index is 12.4. The van der Waals surface area contributed by atoms with Crippen LogP contribution in [0.25, 0.3) is 0 Å². The zero-order valence-electron chi connectivity index (χ0n) is 9.70. The predicted molar refractivity (Wildman–Crippen MR) is 64.4 cm³/mol. The van der Waals surface area contributed by atoms with E-state index in [0.717, 1.165) is 24.8 Å². The van der Waals surface area contributed by atoms with Crippen LogP contribution in [0.4, 0.5) is 0 Å². The summed E-state index contributed by atoms with van der Waals surface area (Å²) in [5, 5.41) is 0. The molecule has 0 aromatic heterocycles. The van der Waals surface area contributed by atoms with Gasteiger partial charge in [-0.25, -0.2) is 0 Å². The molecule has 0 radical (unpaired) electrons. The van der Waals surface area contributed by atoms with Crippen molar-refractivity contribution in [3.63, 3.8) is 0 Å². The van der Waals surface area contributed by atoms with Gasteiger partial charge in [-0.1, -0.05) is 6.42 Å². The third kappa shape index (κ3) is 1.66. The van der Waals surface area contributed by atoms with Gasteiger partial charge in [-0.2, -0.15) is 0 Å². The second-order valence-corrected chi connectivity index (χ2v) is 5.93. The summed E-state index contributed by atoms with van der Waals surface area (Å²) in [5.74, 6) is 2.92. The molecule has 0 N–H and O–H groups in total. The molecule has 0 bridgehead atoms. The van der Waals surface area contributed by atoms with Crippen molar-refractivity contribution in [3.8, 4) is 0 Å². The van der Waals surface area contributed by atoms with Crippen LogP contribution in [0.15, 0.2) is 0 Å². The van der Waals surface area contributed by atoms with E-state index in [2.05, 4.69) is 4.90 Å². The van der Waals surface area contributed by atoms with Crippen LogP contribution in [-0.2, 0) is 4.79 Å². The molecule has 0 aromatic rings. The van der Waals surface area contributed by atoms with Crippen LogP contribution in [-0.4, -0.2) is 29.3 Å². The molecule has 2 saturated carbocycles. The van der Waals surface area contributed by atoms with Crippen molar-refractivity contribution in [2.45, 2.75) is 44.6 Å². The van der Waals surface area contributed by atoms with Crippen molar-refractivity contribution in [3.05, 3.63) is 0 Å². The Morgan fingerprint density at radius 3 is 2.56 bits per heavy atom. The molecule has 3 fully saturated rings. The van der Waals surface area contributed by atoms with Gasteiger partial charge in [0.1, 0.15) is 0 Å². The molecule has 3 atom stereocenters. The highest BCUT2D eigenvalue weighted by molar-refractivity contribution is 6.18. The van der Waals surface area contributed by atoms with E-state index in [0.29, 0.717) is 23.7 Å². The molecule has 2 nitrogen and oxygen atoms in total. The van der Waals surface area contributed by atoms with Gasteiger partial charge in [0.15, 0.2) is 0 Å². The van der Waals surface area contributed by atoms with Gasteiger partial charge < -0.3 is 4.90 Å². The standard InChI is InChI=1S/C13H20ClNO/c14-8-9-4-1-2-7-15(9)13(16)12-10-5-3-6-11(10)12/h9-12H,1-8H2. The minimum Gasteiger partial charge on any atom is -0.338 e. The van der Waals surface area contributed by atoms with Crippen LogP contribution in [0.2, 0.25) is 0 Å². The highest BCUT2D eigenvalue weighted by Gasteiger charge is 2.57. The van der Waals surface area contributed by atoms with Gasteiger partial charge in [0.2, 0.25) is 5.91 Å². The van der Waals surface area contributed by atoms with Gasteiger partial charge in [0.05, 0.1) is 0 Å². The highest BCUT2D eigenvalue weighted by Crippen LogP contribution is 2.58. The highest BCUT2D eigenvalue weighted by atomic mass is 35.5. The van der Waals surface area contributed by atoms with E-state index in [1.807, 2.05) is 0 Å². The Morgan fingerprint density at radius 1 is 1.12 bits per heavy atom. The molecular formula is C13H20ClNO. The summed E-state index contributed by atoms with van der Waals surface area (Å²) in [6.45, 7) is 0.951. The first kappa shape index (κ1) is 10.9. The summed E-state index contributed by atoms with van der Waals surface area (Å²) in [5.41, 5.74) is 0. The summed E-state index contributed by atoms with van der Waals surface area (Å²) >= 11 is 5.97. The van der Waals surface area contributed by atoms with Crippen LogP contribution in [0.5, 0.6) is 0 Å². The van der Waals surface area contributed by atoms with Gasteiger partial charge >= 0.3 is 0 Å². The van der Waals surface area contributed by atoms with E-state index < -0.39 is 0 Å². The fourth-order valence-corrected chi connectivity index (χ4v) is 4.15. The van der Waals surface area contributed by atoms with Crippen molar-refractivity contribution in [1.29, 1.82) is 0 Å². The van der Waals surface area contributed by atoms with Crippen molar-refractivity contribution in [1.82, 2.24) is 4.90 Å². The average molecular weight is 242 g/mol. The quantitative estimate of drug-likeness (QED) is 0.681. The lowest BCUT2D eigenvalue weighted by atomic mass is 10.0. The number of halogens is 1. The molecule has 2 aliphatic carbocycles. The topological polar surface area (TPSA) is 20.3 Å². The van der Waals surface area contributed by atoms with E-state index in [4.69, 9.17) is 11.6 Å². The van der Waals surface area contributed by atoms with Gasteiger partial charge in [0, 0.05) is 24.4 Å². The zero-order valence-corrected chi connectivity index (χ0v) is 10.5. The molecule has 3 heteroatoms. The second kappa shape index (κ2) is 4.21. The third-order valence-corrected chi connectivity index (χ3v) is 5.14. The first-order chi connectivity index (χ1) is 7.83. The molecular weight excluding hydrogens is 222 g/mol. The monoisotopic (exact) mass is 241 g/mol. The second-order valence-electron chi connectivity index (χ2n) is 5.62. The van der Waals surface area contributed by atoms with E-state index in [9.17, 15) is 4.79 Å². The maximum Gasteiger partial charge on any atom is 0.226 e. The third-order valence-electron chi connectivity index (χ3n) is 4.78. The lowest BCUT2D eigenvalue weighted by molar-refractivity contribution is -0.136. The van der Waals surface area contributed by atoms with Gasteiger partial charge in [-0.3, -0.25) is 4.79 Å². The Balaban J connectivity index is 1.65. The van der Waals surface area contributed by atoms with Crippen LogP contribution in [0, 0.1) is 17.8 Å².